The Morgan fingerprint density at radius 1 is 1.10 bits per heavy atom. The zero-order valence-electron chi connectivity index (χ0n) is 12.9. The van der Waals surface area contributed by atoms with Crippen molar-refractivity contribution < 1.29 is 19.4 Å². The van der Waals surface area contributed by atoms with Crippen LogP contribution in [0, 0.1) is 5.41 Å². The fourth-order valence-corrected chi connectivity index (χ4v) is 2.87. The van der Waals surface area contributed by atoms with Gasteiger partial charge >= 0.3 is 5.97 Å². The van der Waals surface area contributed by atoms with Crippen molar-refractivity contribution in [1.82, 2.24) is 4.90 Å². The molecule has 0 spiro atoms. The van der Waals surface area contributed by atoms with Gasteiger partial charge in [-0.25, -0.2) is 0 Å². The summed E-state index contributed by atoms with van der Waals surface area (Å²) >= 11 is 0. The van der Waals surface area contributed by atoms with Crippen LogP contribution < -0.4 is 0 Å². The van der Waals surface area contributed by atoms with E-state index in [9.17, 15) is 9.90 Å². The molecule has 0 heterocycles. The van der Waals surface area contributed by atoms with E-state index in [-0.39, 0.29) is 0 Å². The van der Waals surface area contributed by atoms with Crippen molar-refractivity contribution in [2.75, 3.05) is 46.1 Å². The van der Waals surface area contributed by atoms with Crippen LogP contribution in [0.1, 0.15) is 39.5 Å². The average molecular weight is 287 g/mol. The van der Waals surface area contributed by atoms with Crippen molar-refractivity contribution in [3.05, 3.63) is 0 Å². The summed E-state index contributed by atoms with van der Waals surface area (Å²) in [4.78, 5) is 13.8. The van der Waals surface area contributed by atoms with E-state index in [1.165, 1.54) is 0 Å². The molecule has 1 aliphatic rings. The highest BCUT2D eigenvalue weighted by molar-refractivity contribution is 5.75. The second-order valence-corrected chi connectivity index (χ2v) is 5.46. The minimum Gasteiger partial charge on any atom is -0.481 e. The predicted octanol–water partition coefficient (Wildman–Crippen LogP) is 2.01. The monoisotopic (exact) mass is 287 g/mol. The van der Waals surface area contributed by atoms with E-state index in [1.807, 2.05) is 13.8 Å². The van der Waals surface area contributed by atoms with Crippen molar-refractivity contribution in [3.63, 3.8) is 0 Å². The summed E-state index contributed by atoms with van der Waals surface area (Å²) in [5, 5.41) is 9.57. The zero-order valence-corrected chi connectivity index (χ0v) is 12.9. The predicted molar refractivity (Wildman–Crippen MR) is 78.0 cm³/mol. The Labute approximate surface area is 122 Å². The molecule has 5 heteroatoms. The van der Waals surface area contributed by atoms with E-state index < -0.39 is 11.4 Å². The summed E-state index contributed by atoms with van der Waals surface area (Å²) in [7, 11) is 0. The molecule has 0 radical (unpaired) electrons. The lowest BCUT2D eigenvalue weighted by Gasteiger charge is -2.32. The van der Waals surface area contributed by atoms with Gasteiger partial charge in [0.2, 0.25) is 0 Å². The van der Waals surface area contributed by atoms with Crippen molar-refractivity contribution in [2.24, 2.45) is 5.41 Å². The highest BCUT2D eigenvalue weighted by Crippen LogP contribution is 2.39. The fraction of sp³-hybridized carbons (Fsp3) is 0.933. The van der Waals surface area contributed by atoms with Crippen LogP contribution in [-0.4, -0.2) is 62.0 Å². The third kappa shape index (κ3) is 5.38. The average Bonchev–Trinajstić information content (AvgIpc) is 2.89. The van der Waals surface area contributed by atoms with Crippen LogP contribution in [0.2, 0.25) is 0 Å². The Hall–Kier alpha value is -0.650. The maximum absolute atomic E-state index is 11.6. The van der Waals surface area contributed by atoms with E-state index in [2.05, 4.69) is 4.90 Å². The van der Waals surface area contributed by atoms with Crippen LogP contribution in [0.5, 0.6) is 0 Å². The molecule has 1 N–H and O–H groups in total. The van der Waals surface area contributed by atoms with Gasteiger partial charge in [0.25, 0.3) is 0 Å². The molecule has 0 atom stereocenters. The topological polar surface area (TPSA) is 59.0 Å². The molecule has 0 saturated heterocycles. The first-order valence-electron chi connectivity index (χ1n) is 7.76. The fourth-order valence-electron chi connectivity index (χ4n) is 2.87. The Morgan fingerprint density at radius 3 is 2.00 bits per heavy atom. The molecule has 0 amide bonds. The molecule has 118 valence electrons. The molecule has 1 fully saturated rings. The van der Waals surface area contributed by atoms with Crippen LogP contribution in [0.4, 0.5) is 0 Å². The molecule has 1 aliphatic carbocycles. The number of rotatable bonds is 11. The molecule has 1 saturated carbocycles. The van der Waals surface area contributed by atoms with Gasteiger partial charge in [-0.2, -0.15) is 0 Å². The molecule has 0 bridgehead atoms. The summed E-state index contributed by atoms with van der Waals surface area (Å²) < 4.78 is 10.8. The third-order valence-electron chi connectivity index (χ3n) is 4.05. The van der Waals surface area contributed by atoms with Gasteiger partial charge in [0, 0.05) is 32.8 Å². The standard InChI is InChI=1S/C15H29NO4/c1-3-19-11-9-16(10-12-20-4-2)13-15(14(17)18)7-5-6-8-15/h3-13H2,1-2H3,(H,17,18). The van der Waals surface area contributed by atoms with E-state index >= 15 is 0 Å². The maximum Gasteiger partial charge on any atom is 0.310 e. The smallest absolute Gasteiger partial charge is 0.310 e. The normalized spacial score (nSPS) is 17.8. The molecular weight excluding hydrogens is 258 g/mol. The van der Waals surface area contributed by atoms with Gasteiger partial charge in [0.05, 0.1) is 18.6 Å². The number of nitrogens with zero attached hydrogens (tertiary/aromatic N) is 1. The maximum atomic E-state index is 11.6. The summed E-state index contributed by atoms with van der Waals surface area (Å²) in [6, 6.07) is 0. The van der Waals surface area contributed by atoms with Gasteiger partial charge in [-0.15, -0.1) is 0 Å². The van der Waals surface area contributed by atoms with Gasteiger partial charge < -0.3 is 14.6 Å². The van der Waals surface area contributed by atoms with Crippen molar-refractivity contribution in [3.8, 4) is 0 Å². The third-order valence-corrected chi connectivity index (χ3v) is 4.05. The molecule has 0 unspecified atom stereocenters. The van der Waals surface area contributed by atoms with Crippen molar-refractivity contribution in [2.45, 2.75) is 39.5 Å². The molecule has 1 rings (SSSR count). The number of hydrogen-bond donors (Lipinski definition) is 1. The largest absolute Gasteiger partial charge is 0.481 e. The lowest BCUT2D eigenvalue weighted by atomic mass is 9.85. The van der Waals surface area contributed by atoms with E-state index in [0.29, 0.717) is 33.0 Å². The van der Waals surface area contributed by atoms with E-state index in [1.54, 1.807) is 0 Å². The Bertz CT molecular complexity index is 267. The second kappa shape index (κ2) is 9.32. The number of carboxylic acids is 1. The minimum atomic E-state index is -0.646. The quantitative estimate of drug-likeness (QED) is 0.589. The van der Waals surface area contributed by atoms with Gasteiger partial charge in [0.15, 0.2) is 0 Å². The van der Waals surface area contributed by atoms with Gasteiger partial charge in [-0.05, 0) is 26.7 Å². The Balaban J connectivity index is 2.53. The van der Waals surface area contributed by atoms with Crippen LogP contribution in [0.25, 0.3) is 0 Å². The van der Waals surface area contributed by atoms with Gasteiger partial charge in [-0.1, -0.05) is 12.8 Å². The molecule has 5 nitrogen and oxygen atoms in total. The first kappa shape index (κ1) is 17.4. The lowest BCUT2D eigenvalue weighted by Crippen LogP contribution is -2.44. The number of carboxylic acid groups (broad SMARTS) is 1. The van der Waals surface area contributed by atoms with Crippen molar-refractivity contribution >= 4 is 5.97 Å². The zero-order chi connectivity index (χ0) is 14.8. The highest BCUT2D eigenvalue weighted by atomic mass is 16.5. The summed E-state index contributed by atoms with van der Waals surface area (Å²) in [5.41, 5.74) is -0.557. The number of aliphatic carboxylic acids is 1. The Kier molecular flexibility index (Phi) is 8.11. The minimum absolute atomic E-state index is 0.557. The first-order chi connectivity index (χ1) is 9.64. The number of ether oxygens (including phenoxy) is 2. The summed E-state index contributed by atoms with van der Waals surface area (Å²) in [6.07, 6.45) is 3.64. The van der Waals surface area contributed by atoms with Crippen LogP contribution in [0.15, 0.2) is 0 Å². The second-order valence-electron chi connectivity index (χ2n) is 5.46. The van der Waals surface area contributed by atoms with Gasteiger partial charge in [0.1, 0.15) is 0 Å². The summed E-state index contributed by atoms with van der Waals surface area (Å²) in [5.74, 6) is -0.646. The lowest BCUT2D eigenvalue weighted by molar-refractivity contribution is -0.150. The molecule has 20 heavy (non-hydrogen) atoms. The van der Waals surface area contributed by atoms with E-state index in [0.717, 1.165) is 38.8 Å². The number of carbonyl (C=O) groups is 1. The molecule has 0 aromatic rings. The highest BCUT2D eigenvalue weighted by Gasteiger charge is 2.42. The summed E-state index contributed by atoms with van der Waals surface area (Å²) in [6.45, 7) is 8.80. The number of hydrogen-bond acceptors (Lipinski definition) is 4. The van der Waals surface area contributed by atoms with Gasteiger partial charge in [-0.3, -0.25) is 9.69 Å². The molecule has 0 aromatic heterocycles. The SMILES string of the molecule is CCOCCN(CCOCC)CC1(C(=O)O)CCCC1. The van der Waals surface area contributed by atoms with E-state index in [4.69, 9.17) is 9.47 Å². The van der Waals surface area contributed by atoms with Crippen molar-refractivity contribution in [1.29, 1.82) is 0 Å². The van der Waals surface area contributed by atoms with Crippen LogP contribution in [0.3, 0.4) is 0 Å². The molecular formula is C15H29NO4. The molecule has 0 aromatic carbocycles. The first-order valence-corrected chi connectivity index (χ1v) is 7.76. The Morgan fingerprint density at radius 2 is 1.60 bits per heavy atom. The molecule has 0 aliphatic heterocycles. The van der Waals surface area contributed by atoms with Crippen LogP contribution in [-0.2, 0) is 14.3 Å². The van der Waals surface area contributed by atoms with Crippen LogP contribution >= 0.6 is 0 Å².